The molecular weight excluding hydrogens is 276 g/mol. The largest absolute Gasteiger partial charge is 0.316 e. The fraction of sp³-hybridized carbons (Fsp3) is 0.500. The molecule has 2 nitrogen and oxygen atoms in total. The summed E-state index contributed by atoms with van der Waals surface area (Å²) in [6.45, 7) is 2.44. The fourth-order valence-corrected chi connectivity index (χ4v) is 4.78. The van der Waals surface area contributed by atoms with Crippen molar-refractivity contribution in [2.45, 2.75) is 38.5 Å². The van der Waals surface area contributed by atoms with Crippen molar-refractivity contribution < 1.29 is 0 Å². The molecule has 2 heterocycles. The smallest absolute Gasteiger partial charge is 0.0935 e. The molecular formula is C18H22N2S. The molecule has 0 spiro atoms. The molecule has 1 saturated heterocycles. The van der Waals surface area contributed by atoms with Gasteiger partial charge in [0.25, 0.3) is 0 Å². The minimum atomic E-state index is 0.895. The van der Waals surface area contributed by atoms with Crippen molar-refractivity contribution in [2.24, 2.45) is 5.92 Å². The van der Waals surface area contributed by atoms with E-state index in [9.17, 15) is 0 Å². The summed E-state index contributed by atoms with van der Waals surface area (Å²) in [5.41, 5.74) is 4.09. The molecule has 0 radical (unpaired) electrons. The maximum Gasteiger partial charge on any atom is 0.0935 e. The van der Waals surface area contributed by atoms with Crippen molar-refractivity contribution in [2.75, 3.05) is 13.1 Å². The first-order chi connectivity index (χ1) is 10.4. The van der Waals surface area contributed by atoms with E-state index in [0.29, 0.717) is 0 Å². The zero-order valence-corrected chi connectivity index (χ0v) is 13.2. The van der Waals surface area contributed by atoms with Gasteiger partial charge < -0.3 is 5.32 Å². The van der Waals surface area contributed by atoms with Crippen LogP contribution in [0.4, 0.5) is 0 Å². The van der Waals surface area contributed by atoms with Gasteiger partial charge in [-0.05, 0) is 56.7 Å². The Bertz CT molecular complexity index is 626. The SMILES string of the molecule is c1ccc2c(c1)Cc1sc(CCCC3CCCNC3)nc1-2. The summed E-state index contributed by atoms with van der Waals surface area (Å²) in [6, 6.07) is 8.72. The zero-order valence-electron chi connectivity index (χ0n) is 12.4. The quantitative estimate of drug-likeness (QED) is 0.786. The van der Waals surface area contributed by atoms with Gasteiger partial charge in [-0.15, -0.1) is 11.3 Å². The first-order valence-electron chi connectivity index (χ1n) is 8.18. The molecule has 110 valence electrons. The molecule has 1 fully saturated rings. The predicted molar refractivity (Wildman–Crippen MR) is 88.9 cm³/mol. The summed E-state index contributed by atoms with van der Waals surface area (Å²) in [6.07, 6.45) is 7.67. The molecule has 1 N–H and O–H groups in total. The molecule has 0 bridgehead atoms. The van der Waals surface area contributed by atoms with E-state index in [-0.39, 0.29) is 0 Å². The monoisotopic (exact) mass is 298 g/mol. The molecule has 4 rings (SSSR count). The van der Waals surface area contributed by atoms with Gasteiger partial charge in [0, 0.05) is 16.9 Å². The summed E-state index contributed by atoms with van der Waals surface area (Å²) in [4.78, 5) is 6.40. The molecule has 21 heavy (non-hydrogen) atoms. The number of thiazole rings is 1. The standard InChI is InChI=1S/C18H22N2S/c1-2-8-15-14(7-1)11-16-18(15)20-17(21-16)9-3-5-13-6-4-10-19-12-13/h1-2,7-8,13,19H,3-6,9-12H2. The highest BCUT2D eigenvalue weighted by Crippen LogP contribution is 2.39. The molecule has 2 aliphatic rings. The van der Waals surface area contributed by atoms with Crippen molar-refractivity contribution in [1.82, 2.24) is 10.3 Å². The van der Waals surface area contributed by atoms with Crippen LogP contribution in [0.2, 0.25) is 0 Å². The number of hydrogen-bond acceptors (Lipinski definition) is 3. The third kappa shape index (κ3) is 2.77. The van der Waals surface area contributed by atoms with Crippen molar-refractivity contribution in [3.63, 3.8) is 0 Å². The van der Waals surface area contributed by atoms with Gasteiger partial charge in [-0.3, -0.25) is 0 Å². The topological polar surface area (TPSA) is 24.9 Å². The molecule has 1 aromatic heterocycles. The van der Waals surface area contributed by atoms with Crippen LogP contribution in [0.15, 0.2) is 24.3 Å². The van der Waals surface area contributed by atoms with Crippen LogP contribution in [0, 0.1) is 5.92 Å². The highest BCUT2D eigenvalue weighted by Gasteiger charge is 2.22. The third-order valence-corrected chi connectivity index (χ3v) is 5.88. The Morgan fingerprint density at radius 1 is 1.29 bits per heavy atom. The number of aryl methyl sites for hydroxylation is 1. The van der Waals surface area contributed by atoms with Crippen LogP contribution >= 0.6 is 11.3 Å². The first-order valence-corrected chi connectivity index (χ1v) is 8.99. The summed E-state index contributed by atoms with van der Waals surface area (Å²) in [5, 5.41) is 4.86. The normalized spacial score (nSPS) is 20.3. The summed E-state index contributed by atoms with van der Waals surface area (Å²) < 4.78 is 0. The number of nitrogens with one attached hydrogen (secondary N) is 1. The molecule has 1 unspecified atom stereocenters. The first kappa shape index (κ1) is 13.5. The molecule has 1 aliphatic heterocycles. The Labute approximate surface area is 130 Å². The number of benzene rings is 1. The zero-order chi connectivity index (χ0) is 14.1. The van der Waals surface area contributed by atoms with E-state index >= 15 is 0 Å². The molecule has 3 heteroatoms. The van der Waals surface area contributed by atoms with Gasteiger partial charge in [0.2, 0.25) is 0 Å². The summed E-state index contributed by atoms with van der Waals surface area (Å²) in [5.74, 6) is 0.895. The van der Waals surface area contributed by atoms with E-state index in [1.54, 1.807) is 0 Å². The van der Waals surface area contributed by atoms with Crippen LogP contribution < -0.4 is 5.32 Å². The Hall–Kier alpha value is -1.19. The fourth-order valence-electron chi connectivity index (χ4n) is 3.63. The summed E-state index contributed by atoms with van der Waals surface area (Å²) in [7, 11) is 0. The predicted octanol–water partition coefficient (Wildman–Crippen LogP) is 4.04. The Morgan fingerprint density at radius 3 is 3.14 bits per heavy atom. The van der Waals surface area contributed by atoms with E-state index in [0.717, 1.165) is 18.8 Å². The van der Waals surface area contributed by atoms with Gasteiger partial charge in [-0.1, -0.05) is 24.3 Å². The third-order valence-electron chi connectivity index (χ3n) is 4.77. The van der Waals surface area contributed by atoms with Crippen molar-refractivity contribution in [3.8, 4) is 11.3 Å². The van der Waals surface area contributed by atoms with Gasteiger partial charge in [-0.25, -0.2) is 4.98 Å². The number of hydrogen-bond donors (Lipinski definition) is 1. The van der Waals surface area contributed by atoms with Crippen LogP contribution in [-0.4, -0.2) is 18.1 Å². The van der Waals surface area contributed by atoms with Gasteiger partial charge in [-0.2, -0.15) is 0 Å². The van der Waals surface area contributed by atoms with Gasteiger partial charge >= 0.3 is 0 Å². The van der Waals surface area contributed by atoms with Crippen molar-refractivity contribution in [1.29, 1.82) is 0 Å². The Morgan fingerprint density at radius 2 is 2.24 bits per heavy atom. The Balaban J connectivity index is 1.38. The van der Waals surface area contributed by atoms with Crippen LogP contribution in [0.3, 0.4) is 0 Å². The average molecular weight is 298 g/mol. The van der Waals surface area contributed by atoms with E-state index in [2.05, 4.69) is 29.6 Å². The highest BCUT2D eigenvalue weighted by atomic mass is 32.1. The average Bonchev–Trinajstić information content (AvgIpc) is 3.05. The Kier molecular flexibility index (Phi) is 3.78. The lowest BCUT2D eigenvalue weighted by Gasteiger charge is -2.22. The number of nitrogens with zero attached hydrogens (tertiary/aromatic N) is 1. The maximum atomic E-state index is 4.92. The van der Waals surface area contributed by atoms with E-state index in [1.165, 1.54) is 65.5 Å². The van der Waals surface area contributed by atoms with E-state index in [1.807, 2.05) is 11.3 Å². The van der Waals surface area contributed by atoms with Crippen LogP contribution in [0.25, 0.3) is 11.3 Å². The highest BCUT2D eigenvalue weighted by molar-refractivity contribution is 7.12. The number of fused-ring (bicyclic) bond motifs is 3. The van der Waals surface area contributed by atoms with Crippen molar-refractivity contribution >= 4 is 11.3 Å². The lowest BCUT2D eigenvalue weighted by atomic mass is 9.94. The lowest BCUT2D eigenvalue weighted by Crippen LogP contribution is -2.29. The molecule has 0 amide bonds. The molecule has 1 atom stereocenters. The minimum absolute atomic E-state index is 0.895. The number of rotatable bonds is 4. The summed E-state index contributed by atoms with van der Waals surface area (Å²) >= 11 is 1.94. The molecule has 1 aliphatic carbocycles. The van der Waals surface area contributed by atoms with Gasteiger partial charge in [0.15, 0.2) is 0 Å². The van der Waals surface area contributed by atoms with Gasteiger partial charge in [0.05, 0.1) is 10.7 Å². The number of aromatic nitrogens is 1. The van der Waals surface area contributed by atoms with Crippen LogP contribution in [-0.2, 0) is 12.8 Å². The molecule has 1 aromatic carbocycles. The maximum absolute atomic E-state index is 4.92. The second-order valence-corrected chi connectivity index (χ2v) is 7.49. The lowest BCUT2D eigenvalue weighted by molar-refractivity contribution is 0.351. The molecule has 0 saturated carbocycles. The minimum Gasteiger partial charge on any atom is -0.316 e. The van der Waals surface area contributed by atoms with E-state index < -0.39 is 0 Å². The van der Waals surface area contributed by atoms with Crippen molar-refractivity contribution in [3.05, 3.63) is 39.7 Å². The van der Waals surface area contributed by atoms with Crippen LogP contribution in [0.5, 0.6) is 0 Å². The molecule has 2 aromatic rings. The number of piperidine rings is 1. The second-order valence-electron chi connectivity index (χ2n) is 6.32. The second kappa shape index (κ2) is 5.90. The van der Waals surface area contributed by atoms with Gasteiger partial charge in [0.1, 0.15) is 0 Å². The van der Waals surface area contributed by atoms with E-state index in [4.69, 9.17) is 4.98 Å². The van der Waals surface area contributed by atoms with Crippen LogP contribution in [0.1, 0.15) is 41.1 Å².